The molecule has 2 nitrogen and oxygen atoms in total. The molecule has 2 heteroatoms. The second-order valence-corrected chi connectivity index (χ2v) is 5.46. The quantitative estimate of drug-likeness (QED) is 0.782. The lowest BCUT2D eigenvalue weighted by atomic mass is 9.86. The molecule has 1 aromatic rings. The van der Waals surface area contributed by atoms with Crippen molar-refractivity contribution >= 4 is 0 Å². The van der Waals surface area contributed by atoms with E-state index >= 15 is 0 Å². The molecule has 0 saturated heterocycles. The largest absolute Gasteiger partial charge is 0.496 e. The number of methoxy groups -OCH3 is 1. The van der Waals surface area contributed by atoms with Gasteiger partial charge in [0.2, 0.25) is 0 Å². The van der Waals surface area contributed by atoms with E-state index in [0.29, 0.717) is 5.92 Å². The van der Waals surface area contributed by atoms with Gasteiger partial charge in [0.15, 0.2) is 0 Å². The fraction of sp³-hybridized carbons (Fsp3) is 0.647. The van der Waals surface area contributed by atoms with Gasteiger partial charge < -0.3 is 9.84 Å². The summed E-state index contributed by atoms with van der Waals surface area (Å²) in [6.07, 6.45) is 4.05. The molecular formula is C17H28O2. The Labute approximate surface area is 117 Å². The minimum atomic E-state index is -0.357. The molecule has 0 bridgehead atoms. The maximum absolute atomic E-state index is 10.7. The van der Waals surface area contributed by atoms with Gasteiger partial charge in [0.25, 0.3) is 0 Å². The van der Waals surface area contributed by atoms with Crippen LogP contribution in [-0.2, 0) is 0 Å². The summed E-state index contributed by atoms with van der Waals surface area (Å²) in [5, 5.41) is 10.7. The van der Waals surface area contributed by atoms with Gasteiger partial charge in [0.05, 0.1) is 13.2 Å². The standard InChI is InChI=1S/C17H28O2/c1-6-8-14(9-7-2)17(18)15-10-13(4)16(19-5)11-12(15)3/h10-11,14,17-18H,6-9H2,1-5H3. The molecule has 0 aliphatic carbocycles. The Kier molecular flexibility index (Phi) is 6.36. The Hall–Kier alpha value is -1.02. The van der Waals surface area contributed by atoms with Crippen LogP contribution in [-0.4, -0.2) is 12.2 Å². The lowest BCUT2D eigenvalue weighted by Crippen LogP contribution is -2.14. The minimum absolute atomic E-state index is 0.357. The average molecular weight is 264 g/mol. The second-order valence-electron chi connectivity index (χ2n) is 5.46. The SMILES string of the molecule is CCCC(CCC)C(O)c1cc(C)c(OC)cc1C. The summed E-state index contributed by atoms with van der Waals surface area (Å²) >= 11 is 0. The first kappa shape index (κ1) is 16.0. The Morgan fingerprint density at radius 1 is 1.05 bits per heavy atom. The van der Waals surface area contributed by atoms with Crippen molar-refractivity contribution in [1.82, 2.24) is 0 Å². The molecule has 108 valence electrons. The summed E-state index contributed by atoms with van der Waals surface area (Å²) in [6.45, 7) is 8.45. The van der Waals surface area contributed by atoms with E-state index in [0.717, 1.165) is 48.1 Å². The first-order valence-electron chi connectivity index (χ1n) is 7.38. The van der Waals surface area contributed by atoms with E-state index in [4.69, 9.17) is 4.74 Å². The van der Waals surface area contributed by atoms with Crippen LogP contribution in [0.2, 0.25) is 0 Å². The van der Waals surface area contributed by atoms with Crippen molar-refractivity contribution in [3.05, 3.63) is 28.8 Å². The van der Waals surface area contributed by atoms with Gasteiger partial charge in [-0.05, 0) is 61.4 Å². The monoisotopic (exact) mass is 264 g/mol. The third kappa shape index (κ3) is 3.97. The molecule has 0 fully saturated rings. The highest BCUT2D eigenvalue weighted by molar-refractivity contribution is 5.42. The third-order valence-corrected chi connectivity index (χ3v) is 3.87. The fourth-order valence-electron chi connectivity index (χ4n) is 2.81. The van der Waals surface area contributed by atoms with Crippen molar-refractivity contribution in [3.8, 4) is 5.75 Å². The number of aliphatic hydroxyl groups excluding tert-OH is 1. The van der Waals surface area contributed by atoms with Crippen molar-refractivity contribution in [1.29, 1.82) is 0 Å². The smallest absolute Gasteiger partial charge is 0.122 e. The summed E-state index contributed by atoms with van der Waals surface area (Å²) in [5.41, 5.74) is 3.27. The van der Waals surface area contributed by atoms with Crippen molar-refractivity contribution in [2.24, 2.45) is 5.92 Å². The zero-order valence-corrected chi connectivity index (χ0v) is 13.0. The Morgan fingerprint density at radius 2 is 1.63 bits per heavy atom. The summed E-state index contributed by atoms with van der Waals surface area (Å²) in [4.78, 5) is 0. The normalized spacial score (nSPS) is 12.8. The van der Waals surface area contributed by atoms with E-state index in [2.05, 4.69) is 26.8 Å². The van der Waals surface area contributed by atoms with E-state index in [9.17, 15) is 5.11 Å². The molecule has 0 aliphatic heterocycles. The highest BCUT2D eigenvalue weighted by Gasteiger charge is 2.21. The predicted octanol–water partition coefficient (Wildman–Crippen LogP) is 4.56. The van der Waals surface area contributed by atoms with Gasteiger partial charge in [0, 0.05) is 0 Å². The van der Waals surface area contributed by atoms with Gasteiger partial charge in [-0.1, -0.05) is 26.7 Å². The van der Waals surface area contributed by atoms with Crippen molar-refractivity contribution in [2.75, 3.05) is 7.11 Å². The van der Waals surface area contributed by atoms with Crippen LogP contribution in [0.15, 0.2) is 12.1 Å². The molecule has 0 saturated carbocycles. The van der Waals surface area contributed by atoms with Gasteiger partial charge in [-0.2, -0.15) is 0 Å². The Bertz CT molecular complexity index is 392. The molecule has 1 rings (SSSR count). The third-order valence-electron chi connectivity index (χ3n) is 3.87. The zero-order valence-electron chi connectivity index (χ0n) is 13.0. The molecule has 0 aliphatic rings. The number of aliphatic hydroxyl groups is 1. The van der Waals surface area contributed by atoms with Crippen molar-refractivity contribution < 1.29 is 9.84 Å². The number of hydrogen-bond acceptors (Lipinski definition) is 2. The highest BCUT2D eigenvalue weighted by Crippen LogP contribution is 2.34. The van der Waals surface area contributed by atoms with E-state index in [1.165, 1.54) is 0 Å². The van der Waals surface area contributed by atoms with Crippen molar-refractivity contribution in [2.45, 2.75) is 59.5 Å². The topological polar surface area (TPSA) is 29.5 Å². The number of benzene rings is 1. The van der Waals surface area contributed by atoms with E-state index in [1.807, 2.05) is 13.0 Å². The molecule has 1 unspecified atom stereocenters. The summed E-state index contributed by atoms with van der Waals surface area (Å²) in [7, 11) is 1.69. The number of rotatable bonds is 7. The van der Waals surface area contributed by atoms with Crippen LogP contribution in [0.4, 0.5) is 0 Å². The van der Waals surface area contributed by atoms with Crippen molar-refractivity contribution in [3.63, 3.8) is 0 Å². The fourth-order valence-corrected chi connectivity index (χ4v) is 2.81. The Balaban J connectivity index is 3.03. The molecule has 0 heterocycles. The molecule has 19 heavy (non-hydrogen) atoms. The number of ether oxygens (including phenoxy) is 1. The van der Waals surface area contributed by atoms with Crippen LogP contribution in [0.25, 0.3) is 0 Å². The second kappa shape index (κ2) is 7.54. The van der Waals surface area contributed by atoms with Gasteiger partial charge in [-0.15, -0.1) is 0 Å². The molecule has 0 amide bonds. The molecule has 1 N–H and O–H groups in total. The summed E-state index contributed by atoms with van der Waals surface area (Å²) < 4.78 is 5.33. The lowest BCUT2D eigenvalue weighted by molar-refractivity contribution is 0.0958. The first-order valence-corrected chi connectivity index (χ1v) is 7.38. The van der Waals surface area contributed by atoms with E-state index in [-0.39, 0.29) is 6.10 Å². The molecule has 0 radical (unpaired) electrons. The van der Waals surface area contributed by atoms with E-state index in [1.54, 1.807) is 7.11 Å². The van der Waals surface area contributed by atoms with Crippen LogP contribution in [0.1, 0.15) is 62.3 Å². The molecule has 0 aromatic heterocycles. The summed E-state index contributed by atoms with van der Waals surface area (Å²) in [6, 6.07) is 4.11. The lowest BCUT2D eigenvalue weighted by Gasteiger charge is -2.24. The molecule has 1 atom stereocenters. The highest BCUT2D eigenvalue weighted by atomic mass is 16.5. The maximum atomic E-state index is 10.7. The Morgan fingerprint density at radius 3 is 2.11 bits per heavy atom. The van der Waals surface area contributed by atoms with Crippen LogP contribution in [0.3, 0.4) is 0 Å². The maximum Gasteiger partial charge on any atom is 0.122 e. The predicted molar refractivity (Wildman–Crippen MR) is 80.7 cm³/mol. The number of aryl methyl sites for hydroxylation is 2. The first-order chi connectivity index (χ1) is 9.04. The minimum Gasteiger partial charge on any atom is -0.496 e. The molecule has 1 aromatic carbocycles. The zero-order chi connectivity index (χ0) is 14.4. The van der Waals surface area contributed by atoms with Gasteiger partial charge >= 0.3 is 0 Å². The summed E-state index contributed by atoms with van der Waals surface area (Å²) in [5.74, 6) is 1.26. The average Bonchev–Trinajstić information content (AvgIpc) is 2.40. The van der Waals surface area contributed by atoms with Gasteiger partial charge in [-0.25, -0.2) is 0 Å². The number of hydrogen-bond donors (Lipinski definition) is 1. The molecular weight excluding hydrogens is 236 g/mol. The van der Waals surface area contributed by atoms with Crippen LogP contribution < -0.4 is 4.74 Å². The van der Waals surface area contributed by atoms with Crippen LogP contribution >= 0.6 is 0 Å². The van der Waals surface area contributed by atoms with Crippen LogP contribution in [0, 0.1) is 19.8 Å². The molecule has 0 spiro atoms. The van der Waals surface area contributed by atoms with E-state index < -0.39 is 0 Å². The van der Waals surface area contributed by atoms with Crippen LogP contribution in [0.5, 0.6) is 5.75 Å². The van der Waals surface area contributed by atoms with Gasteiger partial charge in [-0.3, -0.25) is 0 Å². The van der Waals surface area contributed by atoms with Gasteiger partial charge in [0.1, 0.15) is 5.75 Å².